The van der Waals surface area contributed by atoms with Gasteiger partial charge in [0.05, 0.1) is 5.69 Å². The molecule has 5 heteroatoms. The number of hydrogen-bond acceptors (Lipinski definition) is 4. The maximum absolute atomic E-state index is 6.25. The fourth-order valence-corrected chi connectivity index (χ4v) is 2.51. The molecule has 5 nitrogen and oxygen atoms in total. The molecule has 19 heavy (non-hydrogen) atoms. The van der Waals surface area contributed by atoms with E-state index < -0.39 is 0 Å². The average Bonchev–Trinajstić information content (AvgIpc) is 2.77. The van der Waals surface area contributed by atoms with Gasteiger partial charge in [-0.1, -0.05) is 6.07 Å². The zero-order chi connectivity index (χ0) is 13.4. The van der Waals surface area contributed by atoms with Crippen LogP contribution in [0.3, 0.4) is 0 Å². The molecule has 100 valence electrons. The minimum atomic E-state index is 0.533. The van der Waals surface area contributed by atoms with Crippen LogP contribution in [0.25, 0.3) is 5.82 Å². The lowest BCUT2D eigenvalue weighted by atomic mass is 10.1. The van der Waals surface area contributed by atoms with Crippen LogP contribution in [0.5, 0.6) is 0 Å². The molecule has 2 N–H and O–H groups in total. The quantitative estimate of drug-likeness (QED) is 0.888. The molecule has 0 saturated carbocycles. The Morgan fingerprint density at radius 1 is 1.32 bits per heavy atom. The molecule has 0 saturated heterocycles. The molecule has 0 fully saturated rings. The second-order valence-electron chi connectivity index (χ2n) is 5.22. The van der Waals surface area contributed by atoms with E-state index in [0.29, 0.717) is 6.04 Å². The Morgan fingerprint density at radius 3 is 2.84 bits per heavy atom. The Labute approximate surface area is 113 Å². The highest BCUT2D eigenvalue weighted by atomic mass is 15.4. The number of nitrogen functional groups attached to an aromatic ring is 1. The highest BCUT2D eigenvalue weighted by Gasteiger charge is 2.25. The minimum Gasteiger partial charge on any atom is -0.383 e. The van der Waals surface area contributed by atoms with Gasteiger partial charge in [-0.3, -0.25) is 4.90 Å². The highest BCUT2D eigenvalue weighted by Crippen LogP contribution is 2.26. The smallest absolute Gasteiger partial charge is 0.155 e. The SMILES string of the molecule is CC(C)N1CCc2nn(-c3ccccn3)c(N)c2C1. The average molecular weight is 257 g/mol. The van der Waals surface area contributed by atoms with Crippen LogP contribution in [0, 0.1) is 0 Å². The summed E-state index contributed by atoms with van der Waals surface area (Å²) in [4.78, 5) is 6.73. The van der Waals surface area contributed by atoms with Gasteiger partial charge in [0.1, 0.15) is 5.82 Å². The van der Waals surface area contributed by atoms with Crippen molar-refractivity contribution >= 4 is 5.82 Å². The first-order chi connectivity index (χ1) is 9.16. The lowest BCUT2D eigenvalue weighted by Gasteiger charge is -2.29. The van der Waals surface area contributed by atoms with Crippen LogP contribution in [-0.2, 0) is 13.0 Å². The molecule has 0 aromatic carbocycles. The van der Waals surface area contributed by atoms with E-state index in [0.717, 1.165) is 42.4 Å². The summed E-state index contributed by atoms with van der Waals surface area (Å²) in [6, 6.07) is 6.30. The third kappa shape index (κ3) is 2.10. The molecule has 0 atom stereocenters. The Kier molecular flexibility index (Phi) is 2.98. The van der Waals surface area contributed by atoms with Gasteiger partial charge in [0.25, 0.3) is 0 Å². The fourth-order valence-electron chi connectivity index (χ4n) is 2.51. The van der Waals surface area contributed by atoms with Gasteiger partial charge in [0.2, 0.25) is 0 Å². The van der Waals surface area contributed by atoms with Gasteiger partial charge in [-0.25, -0.2) is 4.98 Å². The summed E-state index contributed by atoms with van der Waals surface area (Å²) in [7, 11) is 0. The molecule has 2 aromatic rings. The summed E-state index contributed by atoms with van der Waals surface area (Å²) in [5.41, 5.74) is 8.52. The maximum Gasteiger partial charge on any atom is 0.155 e. The van der Waals surface area contributed by atoms with Crippen molar-refractivity contribution in [3.05, 3.63) is 35.7 Å². The molecule has 0 spiro atoms. The van der Waals surface area contributed by atoms with Crippen LogP contribution in [0.4, 0.5) is 5.82 Å². The molecule has 0 bridgehead atoms. The number of pyridine rings is 1. The molecule has 3 heterocycles. The molecule has 2 aromatic heterocycles. The van der Waals surface area contributed by atoms with Crippen molar-refractivity contribution in [2.24, 2.45) is 0 Å². The summed E-state index contributed by atoms with van der Waals surface area (Å²) in [5, 5.41) is 4.62. The van der Waals surface area contributed by atoms with E-state index >= 15 is 0 Å². The van der Waals surface area contributed by atoms with Crippen molar-refractivity contribution in [2.75, 3.05) is 12.3 Å². The van der Waals surface area contributed by atoms with E-state index in [9.17, 15) is 0 Å². The molecular formula is C14H19N5. The monoisotopic (exact) mass is 257 g/mol. The largest absolute Gasteiger partial charge is 0.383 e. The highest BCUT2D eigenvalue weighted by molar-refractivity contribution is 5.49. The third-order valence-electron chi connectivity index (χ3n) is 3.70. The number of aromatic nitrogens is 3. The van der Waals surface area contributed by atoms with Crippen LogP contribution in [0.15, 0.2) is 24.4 Å². The Morgan fingerprint density at radius 2 is 2.16 bits per heavy atom. The van der Waals surface area contributed by atoms with Gasteiger partial charge >= 0.3 is 0 Å². The number of rotatable bonds is 2. The van der Waals surface area contributed by atoms with Crippen molar-refractivity contribution in [3.63, 3.8) is 0 Å². The third-order valence-corrected chi connectivity index (χ3v) is 3.70. The summed E-state index contributed by atoms with van der Waals surface area (Å²) in [6.07, 6.45) is 2.72. The van der Waals surface area contributed by atoms with Gasteiger partial charge in [-0.2, -0.15) is 9.78 Å². The predicted molar refractivity (Wildman–Crippen MR) is 75.0 cm³/mol. The summed E-state index contributed by atoms with van der Waals surface area (Å²) in [6.45, 7) is 6.35. The van der Waals surface area contributed by atoms with Crippen LogP contribution in [-0.4, -0.2) is 32.3 Å². The molecule has 0 unspecified atom stereocenters. The lowest BCUT2D eigenvalue weighted by molar-refractivity contribution is 0.203. The lowest BCUT2D eigenvalue weighted by Crippen LogP contribution is -2.35. The summed E-state index contributed by atoms with van der Waals surface area (Å²) < 4.78 is 1.76. The zero-order valence-electron chi connectivity index (χ0n) is 11.4. The standard InChI is InChI=1S/C14H19N5/c1-10(2)18-8-6-12-11(9-18)14(15)19(17-12)13-5-3-4-7-16-13/h3-5,7,10H,6,8-9,15H2,1-2H3. The van der Waals surface area contributed by atoms with E-state index in [4.69, 9.17) is 5.73 Å². The second kappa shape index (κ2) is 4.66. The van der Waals surface area contributed by atoms with Crippen molar-refractivity contribution < 1.29 is 0 Å². The predicted octanol–water partition coefficient (Wildman–Crippen LogP) is 1.62. The Balaban J connectivity index is 1.99. The van der Waals surface area contributed by atoms with Gasteiger partial charge in [0.15, 0.2) is 5.82 Å². The first-order valence-corrected chi connectivity index (χ1v) is 6.68. The number of anilines is 1. The summed E-state index contributed by atoms with van der Waals surface area (Å²) in [5.74, 6) is 1.50. The Bertz CT molecular complexity index is 573. The fraction of sp³-hybridized carbons (Fsp3) is 0.429. The van der Waals surface area contributed by atoms with Crippen LogP contribution in [0.1, 0.15) is 25.1 Å². The van der Waals surface area contributed by atoms with E-state index in [-0.39, 0.29) is 0 Å². The maximum atomic E-state index is 6.25. The van der Waals surface area contributed by atoms with Gasteiger partial charge in [-0.15, -0.1) is 0 Å². The molecule has 3 rings (SSSR count). The number of nitrogens with zero attached hydrogens (tertiary/aromatic N) is 4. The zero-order valence-corrected chi connectivity index (χ0v) is 11.4. The molecule has 1 aliphatic heterocycles. The van der Waals surface area contributed by atoms with Crippen LogP contribution >= 0.6 is 0 Å². The van der Waals surface area contributed by atoms with Crippen molar-refractivity contribution in [2.45, 2.75) is 32.9 Å². The number of hydrogen-bond donors (Lipinski definition) is 1. The van der Waals surface area contributed by atoms with Crippen LogP contribution < -0.4 is 5.73 Å². The molecule has 0 aliphatic carbocycles. The van der Waals surface area contributed by atoms with E-state index in [1.54, 1.807) is 10.9 Å². The number of nitrogens with two attached hydrogens (primary N) is 1. The normalized spacial score (nSPS) is 15.7. The molecule has 0 radical (unpaired) electrons. The van der Waals surface area contributed by atoms with Gasteiger partial charge in [-0.05, 0) is 26.0 Å². The van der Waals surface area contributed by atoms with E-state index in [1.807, 2.05) is 18.2 Å². The minimum absolute atomic E-state index is 0.533. The van der Waals surface area contributed by atoms with Crippen molar-refractivity contribution in [1.82, 2.24) is 19.7 Å². The number of fused-ring (bicyclic) bond motifs is 1. The van der Waals surface area contributed by atoms with Crippen molar-refractivity contribution in [1.29, 1.82) is 0 Å². The molecule has 1 aliphatic rings. The topological polar surface area (TPSA) is 60.0 Å². The summed E-state index contributed by atoms with van der Waals surface area (Å²) >= 11 is 0. The van der Waals surface area contributed by atoms with E-state index in [2.05, 4.69) is 28.8 Å². The van der Waals surface area contributed by atoms with Crippen molar-refractivity contribution in [3.8, 4) is 5.82 Å². The van der Waals surface area contributed by atoms with E-state index in [1.165, 1.54) is 0 Å². The van der Waals surface area contributed by atoms with Gasteiger partial charge in [0, 0.05) is 37.3 Å². The molecular weight excluding hydrogens is 238 g/mol. The van der Waals surface area contributed by atoms with Crippen LogP contribution in [0.2, 0.25) is 0 Å². The Hall–Kier alpha value is -1.88. The first-order valence-electron chi connectivity index (χ1n) is 6.68. The second-order valence-corrected chi connectivity index (χ2v) is 5.22. The van der Waals surface area contributed by atoms with Gasteiger partial charge < -0.3 is 5.73 Å². The first kappa shape index (κ1) is 12.2. The molecule has 0 amide bonds.